The highest BCUT2D eigenvalue weighted by Gasteiger charge is 2.28. The topological polar surface area (TPSA) is 78.5 Å². The third-order valence-corrected chi connectivity index (χ3v) is 3.05. The largest absolute Gasteiger partial charge is 0.383 e. The van der Waals surface area contributed by atoms with Crippen LogP contribution in [0.15, 0.2) is 4.47 Å². The Hall–Kier alpha value is -2.08. The monoisotopic (exact) mass is 334 g/mol. The molecule has 0 bridgehead atoms. The van der Waals surface area contributed by atoms with Gasteiger partial charge in [0, 0.05) is 0 Å². The summed E-state index contributed by atoms with van der Waals surface area (Å²) in [6.07, 6.45) is 0. The van der Waals surface area contributed by atoms with E-state index >= 15 is 0 Å². The van der Waals surface area contributed by atoms with Gasteiger partial charge in [0.25, 0.3) is 0 Å². The molecule has 1 aromatic carbocycles. The average molecular weight is 335 g/mol. The van der Waals surface area contributed by atoms with Crippen molar-refractivity contribution in [3.63, 3.8) is 0 Å². The van der Waals surface area contributed by atoms with E-state index in [-0.39, 0.29) is 5.82 Å². The van der Waals surface area contributed by atoms with Gasteiger partial charge >= 0.3 is 0 Å². The second-order valence-corrected chi connectivity index (χ2v) is 4.21. The average Bonchev–Trinajstić information content (AvgIpc) is 2.75. The Morgan fingerprint density at radius 2 is 1.63 bits per heavy atom. The molecule has 2 rings (SSSR count). The van der Waals surface area contributed by atoms with Gasteiger partial charge in [-0.2, -0.15) is 10.4 Å². The van der Waals surface area contributed by atoms with E-state index in [4.69, 9.17) is 11.0 Å². The van der Waals surface area contributed by atoms with Gasteiger partial charge in [-0.25, -0.2) is 17.6 Å². The zero-order valence-electron chi connectivity index (χ0n) is 8.86. The number of hydrogen-bond acceptors (Lipinski definition) is 3. The molecule has 0 unspecified atom stereocenters. The van der Waals surface area contributed by atoms with Gasteiger partial charge in [-0.05, 0) is 15.9 Å². The lowest BCUT2D eigenvalue weighted by Gasteiger charge is -2.07. The molecule has 0 radical (unpaired) electrons. The first-order valence-electron chi connectivity index (χ1n) is 4.65. The maximum atomic E-state index is 13.7. The lowest BCUT2D eigenvalue weighted by Crippen LogP contribution is -2.02. The number of aromatic nitrogens is 2. The Balaban J connectivity index is 2.88. The van der Waals surface area contributed by atoms with Crippen LogP contribution in [0.5, 0.6) is 0 Å². The number of hydrogen-bond donors (Lipinski definition) is 2. The number of nitrogen functional groups attached to an aromatic ring is 1. The summed E-state index contributed by atoms with van der Waals surface area (Å²) in [6, 6.07) is 1.54. The number of halogens is 5. The summed E-state index contributed by atoms with van der Waals surface area (Å²) in [6.45, 7) is 0. The van der Waals surface area contributed by atoms with Crippen LogP contribution in [0.4, 0.5) is 23.4 Å². The van der Waals surface area contributed by atoms with Crippen LogP contribution in [-0.4, -0.2) is 10.2 Å². The van der Waals surface area contributed by atoms with E-state index in [0.29, 0.717) is 0 Å². The molecule has 0 saturated carbocycles. The van der Waals surface area contributed by atoms with E-state index in [2.05, 4.69) is 26.1 Å². The van der Waals surface area contributed by atoms with Crippen LogP contribution in [0.2, 0.25) is 0 Å². The molecular formula is C10H3BrF4N4. The zero-order chi connectivity index (χ0) is 14.3. The minimum absolute atomic E-state index is 0.264. The van der Waals surface area contributed by atoms with Gasteiger partial charge in [0.1, 0.15) is 23.1 Å². The second-order valence-electron chi connectivity index (χ2n) is 3.42. The van der Waals surface area contributed by atoms with Crippen LogP contribution in [-0.2, 0) is 0 Å². The highest BCUT2D eigenvalue weighted by Crippen LogP contribution is 2.35. The Morgan fingerprint density at radius 3 is 2.11 bits per heavy atom. The van der Waals surface area contributed by atoms with Gasteiger partial charge in [-0.3, -0.25) is 5.10 Å². The van der Waals surface area contributed by atoms with Crippen LogP contribution in [0.1, 0.15) is 5.56 Å². The number of nitrogens with two attached hydrogens (primary N) is 1. The van der Waals surface area contributed by atoms with Crippen molar-refractivity contribution in [1.29, 1.82) is 5.26 Å². The number of anilines is 1. The van der Waals surface area contributed by atoms with Gasteiger partial charge in [-0.15, -0.1) is 0 Å². The first kappa shape index (κ1) is 13.4. The molecule has 9 heteroatoms. The van der Waals surface area contributed by atoms with Crippen molar-refractivity contribution in [2.75, 3.05) is 5.73 Å². The molecule has 0 spiro atoms. The van der Waals surface area contributed by atoms with E-state index in [1.54, 1.807) is 6.07 Å². The fraction of sp³-hybridized carbons (Fsp3) is 0. The summed E-state index contributed by atoms with van der Waals surface area (Å²) in [5.74, 6) is -6.86. The van der Waals surface area contributed by atoms with Crippen molar-refractivity contribution in [2.24, 2.45) is 0 Å². The molecular weight excluding hydrogens is 332 g/mol. The highest BCUT2D eigenvalue weighted by atomic mass is 79.9. The SMILES string of the molecule is N#Cc1c(-c2c(F)c(F)c(Br)c(F)c2F)n[nH]c1N. The smallest absolute Gasteiger partial charge is 0.176 e. The Labute approximate surface area is 112 Å². The van der Waals surface area contributed by atoms with Crippen LogP contribution >= 0.6 is 15.9 Å². The number of aromatic amines is 1. The molecule has 0 fully saturated rings. The van der Waals surface area contributed by atoms with E-state index in [1.807, 2.05) is 0 Å². The molecule has 1 aromatic heterocycles. The summed E-state index contributed by atoms with van der Waals surface area (Å²) in [5, 5.41) is 14.3. The first-order chi connectivity index (χ1) is 8.90. The molecule has 2 aromatic rings. The van der Waals surface area contributed by atoms with E-state index < -0.39 is 44.6 Å². The lowest BCUT2D eigenvalue weighted by atomic mass is 10.1. The quantitative estimate of drug-likeness (QED) is 0.478. The fourth-order valence-electron chi connectivity index (χ4n) is 1.46. The summed E-state index contributed by atoms with van der Waals surface area (Å²) in [5.41, 5.74) is 3.22. The third-order valence-electron chi connectivity index (χ3n) is 2.35. The number of nitriles is 1. The summed E-state index contributed by atoms with van der Waals surface area (Å²) in [7, 11) is 0. The summed E-state index contributed by atoms with van der Waals surface area (Å²) in [4.78, 5) is 0. The molecule has 0 atom stereocenters. The standard InChI is InChI=1S/C10H3BrF4N4/c11-4-7(14)5(12)3(6(13)8(4)15)9-2(1-16)10(17)19-18-9/h(H3,17,18,19). The Morgan fingerprint density at radius 1 is 1.11 bits per heavy atom. The predicted molar refractivity (Wildman–Crippen MR) is 60.7 cm³/mol. The molecule has 0 aliphatic rings. The van der Waals surface area contributed by atoms with Crippen molar-refractivity contribution in [2.45, 2.75) is 0 Å². The molecule has 4 nitrogen and oxygen atoms in total. The molecule has 3 N–H and O–H groups in total. The summed E-state index contributed by atoms with van der Waals surface area (Å²) >= 11 is 2.38. The van der Waals surface area contributed by atoms with Crippen molar-refractivity contribution >= 4 is 21.7 Å². The lowest BCUT2D eigenvalue weighted by molar-refractivity contribution is 0.450. The van der Waals surface area contributed by atoms with Gasteiger partial charge < -0.3 is 5.73 Å². The van der Waals surface area contributed by atoms with Crippen LogP contribution in [0.25, 0.3) is 11.3 Å². The van der Waals surface area contributed by atoms with E-state index in [0.717, 1.165) is 0 Å². The van der Waals surface area contributed by atoms with Crippen molar-refractivity contribution in [1.82, 2.24) is 10.2 Å². The minimum atomic E-state index is -1.67. The number of benzene rings is 1. The van der Waals surface area contributed by atoms with Gasteiger partial charge in [0.15, 0.2) is 23.3 Å². The van der Waals surface area contributed by atoms with Crippen LogP contribution in [0.3, 0.4) is 0 Å². The number of nitrogens with one attached hydrogen (secondary N) is 1. The number of rotatable bonds is 1. The van der Waals surface area contributed by atoms with Gasteiger partial charge in [0.2, 0.25) is 0 Å². The summed E-state index contributed by atoms with van der Waals surface area (Å²) < 4.78 is 53.2. The maximum Gasteiger partial charge on any atom is 0.176 e. The zero-order valence-corrected chi connectivity index (χ0v) is 10.4. The van der Waals surface area contributed by atoms with Gasteiger partial charge in [0.05, 0.1) is 10.0 Å². The third kappa shape index (κ3) is 1.84. The molecule has 0 amide bonds. The van der Waals surface area contributed by atoms with Crippen molar-refractivity contribution in [3.8, 4) is 17.3 Å². The second kappa shape index (κ2) is 4.55. The molecule has 1 heterocycles. The molecule has 0 aliphatic heterocycles. The molecule has 19 heavy (non-hydrogen) atoms. The van der Waals surface area contributed by atoms with E-state index in [1.165, 1.54) is 0 Å². The Bertz CT molecular complexity index is 690. The first-order valence-corrected chi connectivity index (χ1v) is 5.45. The molecule has 98 valence electrons. The molecule has 0 saturated heterocycles. The van der Waals surface area contributed by atoms with Crippen LogP contribution < -0.4 is 5.73 Å². The molecule has 0 aliphatic carbocycles. The minimum Gasteiger partial charge on any atom is -0.383 e. The van der Waals surface area contributed by atoms with Gasteiger partial charge in [-0.1, -0.05) is 0 Å². The predicted octanol–water partition coefficient (Wildman–Crippen LogP) is 2.85. The van der Waals surface area contributed by atoms with E-state index in [9.17, 15) is 17.6 Å². The van der Waals surface area contributed by atoms with Crippen LogP contribution in [0, 0.1) is 34.6 Å². The van der Waals surface area contributed by atoms with Crippen molar-refractivity contribution in [3.05, 3.63) is 33.3 Å². The van der Waals surface area contributed by atoms with Crippen molar-refractivity contribution < 1.29 is 17.6 Å². The normalized spacial score (nSPS) is 10.5. The maximum absolute atomic E-state index is 13.7. The Kier molecular flexibility index (Phi) is 3.20. The highest BCUT2D eigenvalue weighted by molar-refractivity contribution is 9.10. The number of nitrogens with zero attached hydrogens (tertiary/aromatic N) is 2. The number of H-pyrrole nitrogens is 1. The fourth-order valence-corrected chi connectivity index (χ4v) is 1.81.